The van der Waals surface area contributed by atoms with Gasteiger partial charge in [0.15, 0.2) is 0 Å². The molecule has 2 aliphatic heterocycles. The highest BCUT2D eigenvalue weighted by Gasteiger charge is 2.63. The second-order valence-corrected chi connectivity index (χ2v) is 18.8. The van der Waals surface area contributed by atoms with Gasteiger partial charge in [0.2, 0.25) is 11.8 Å². The molecule has 0 unspecified atom stereocenters. The van der Waals surface area contributed by atoms with Crippen LogP contribution in [-0.4, -0.2) is 93.1 Å². The summed E-state index contributed by atoms with van der Waals surface area (Å²) in [6.07, 6.45) is 3.85. The van der Waals surface area contributed by atoms with E-state index < -0.39 is 59.3 Å². The molecule has 0 bridgehead atoms. The fourth-order valence-electron chi connectivity index (χ4n) is 9.92. The smallest absolute Gasteiger partial charge is 0.407 e. The molecule has 2 saturated heterocycles. The lowest BCUT2D eigenvalue weighted by atomic mass is 9.78. The Morgan fingerprint density at radius 2 is 1.29 bits per heavy atom. The zero-order valence-corrected chi connectivity index (χ0v) is 37.4. The van der Waals surface area contributed by atoms with Crippen LogP contribution in [0.4, 0.5) is 27.2 Å². The number of aromatic amines is 2. The first-order valence-corrected chi connectivity index (χ1v) is 22.3. The Bertz CT molecular complexity index is 2750. The Morgan fingerprint density at radius 3 is 1.88 bits per heavy atom. The van der Waals surface area contributed by atoms with E-state index in [0.717, 1.165) is 25.0 Å². The number of imidazole rings is 2. The molecule has 2 aliphatic carbocycles. The number of methoxy groups -OCH3 is 2. The van der Waals surface area contributed by atoms with Gasteiger partial charge in [-0.25, -0.2) is 19.6 Å². The number of carbonyl (C=O) groups is 4. The van der Waals surface area contributed by atoms with Gasteiger partial charge in [0, 0.05) is 29.8 Å². The quantitative estimate of drug-likeness (QED) is 0.101. The maximum Gasteiger partial charge on any atom is 0.407 e. The summed E-state index contributed by atoms with van der Waals surface area (Å²) in [7, 11) is 2.46. The number of nitrogens with zero attached hydrogens (tertiary/aromatic N) is 4. The van der Waals surface area contributed by atoms with Crippen molar-refractivity contribution >= 4 is 35.0 Å². The topological polar surface area (TPSA) is 175 Å². The molecule has 3 fully saturated rings. The van der Waals surface area contributed by atoms with Crippen molar-refractivity contribution in [1.82, 2.24) is 40.4 Å². The SMILES string of the molecule is COC(=O)N[C@H](C(=O)N1CCC[C@H]1c1nc2ccc(-c3ccc4c(c3)C(F)(F)C(F)(F)c3cc(-c5cnc([C@@H]6CC7(CC7)CN6C(=O)[C@H](NC(=O)OC)C(C)C)[nH]5)ccc3-4)cc2[nH]1)C(C)C. The van der Waals surface area contributed by atoms with Gasteiger partial charge in [-0.2, -0.15) is 17.6 Å². The molecule has 2 aromatic heterocycles. The standard InChI is InChI=1S/C48H52F4N8O6/c1-24(2)38(57-44(63)65-5)42(61)59-17-7-8-36(59)41-54-33-14-11-27(20-34(33)55-41)26-9-12-29-30-13-10-28(19-32(30)48(51,52)47(49,50)31(29)18-26)35-22-53-40(56-35)37-21-46(15-16-46)23-60(37)43(62)39(25(3)4)58-45(64)66-6/h9-14,18-20,22,24-25,36-39H,7-8,15-17,21,23H2,1-6H3,(H,53,56)(H,54,55)(H,57,63)(H,58,64)/t36-,37-,38-,39+/m0/s1. The molecule has 14 nitrogen and oxygen atoms in total. The van der Waals surface area contributed by atoms with E-state index in [1.165, 1.54) is 32.5 Å². The lowest BCUT2D eigenvalue weighted by Gasteiger charge is -2.35. The van der Waals surface area contributed by atoms with Crippen molar-refractivity contribution in [1.29, 1.82) is 0 Å². The van der Waals surface area contributed by atoms with Crippen molar-refractivity contribution in [3.63, 3.8) is 0 Å². The van der Waals surface area contributed by atoms with E-state index in [1.54, 1.807) is 40.1 Å². The minimum atomic E-state index is -4.59. The molecule has 1 spiro atoms. The fraction of sp³-hybridized carbons (Fsp3) is 0.458. The number of halogens is 4. The number of amides is 4. The second-order valence-electron chi connectivity index (χ2n) is 18.8. The Labute approximate surface area is 378 Å². The van der Waals surface area contributed by atoms with Gasteiger partial charge in [-0.05, 0) is 95.9 Å². The molecular formula is C48H52F4N8O6. The number of nitrogens with one attached hydrogen (secondary N) is 4. The molecule has 4 heterocycles. The van der Waals surface area contributed by atoms with Crippen molar-refractivity contribution in [2.75, 3.05) is 27.3 Å². The zero-order valence-electron chi connectivity index (χ0n) is 37.4. The van der Waals surface area contributed by atoms with Crippen LogP contribution in [0, 0.1) is 17.3 Å². The molecule has 66 heavy (non-hydrogen) atoms. The van der Waals surface area contributed by atoms with Gasteiger partial charge in [0.05, 0.1) is 49.2 Å². The summed E-state index contributed by atoms with van der Waals surface area (Å²) in [4.78, 5) is 71.0. The first-order chi connectivity index (χ1) is 31.4. The van der Waals surface area contributed by atoms with Crippen LogP contribution < -0.4 is 10.6 Å². The number of fused-ring (bicyclic) bond motifs is 4. The number of ether oxygens (including phenoxy) is 2. The van der Waals surface area contributed by atoms with Crippen LogP contribution >= 0.6 is 0 Å². The fourth-order valence-corrected chi connectivity index (χ4v) is 9.92. The number of hydrogen-bond donors (Lipinski definition) is 4. The van der Waals surface area contributed by atoms with Crippen LogP contribution in [0.5, 0.6) is 0 Å². The van der Waals surface area contributed by atoms with Crippen molar-refractivity contribution in [3.8, 4) is 33.5 Å². The second kappa shape index (κ2) is 16.5. The summed E-state index contributed by atoms with van der Waals surface area (Å²) in [5.74, 6) is -9.23. The third kappa shape index (κ3) is 7.60. The number of alkyl carbamates (subject to hydrolysis) is 2. The maximum atomic E-state index is 16.3. The number of alkyl halides is 4. The number of aromatic nitrogens is 4. The number of hydrogen-bond acceptors (Lipinski definition) is 8. The van der Waals surface area contributed by atoms with Crippen LogP contribution in [-0.2, 0) is 30.9 Å². The highest BCUT2D eigenvalue weighted by molar-refractivity contribution is 5.88. The molecule has 5 aromatic rings. The van der Waals surface area contributed by atoms with Gasteiger partial charge in [-0.15, -0.1) is 0 Å². The predicted molar refractivity (Wildman–Crippen MR) is 235 cm³/mol. The van der Waals surface area contributed by atoms with Crippen LogP contribution in [0.3, 0.4) is 0 Å². The molecular weight excluding hydrogens is 861 g/mol. The van der Waals surface area contributed by atoms with E-state index in [4.69, 9.17) is 14.5 Å². The molecule has 4 amide bonds. The van der Waals surface area contributed by atoms with Gasteiger partial charge in [-0.1, -0.05) is 58.0 Å². The van der Waals surface area contributed by atoms with Gasteiger partial charge in [0.1, 0.15) is 23.7 Å². The minimum absolute atomic E-state index is 0.0195. The molecule has 9 rings (SSSR count). The highest BCUT2D eigenvalue weighted by Crippen LogP contribution is 2.60. The van der Waals surface area contributed by atoms with Crippen molar-refractivity contribution in [3.05, 3.63) is 83.6 Å². The first kappa shape index (κ1) is 44.7. The lowest BCUT2D eigenvalue weighted by molar-refractivity contribution is -0.225. The molecule has 348 valence electrons. The Kier molecular flexibility index (Phi) is 11.1. The van der Waals surface area contributed by atoms with Gasteiger partial charge in [0.25, 0.3) is 0 Å². The summed E-state index contributed by atoms with van der Waals surface area (Å²) in [6, 6.07) is 10.8. The van der Waals surface area contributed by atoms with Crippen molar-refractivity contribution < 1.29 is 46.2 Å². The summed E-state index contributed by atoms with van der Waals surface area (Å²) in [6.45, 7) is 8.23. The van der Waals surface area contributed by atoms with Gasteiger partial charge in [-0.3, -0.25) is 9.59 Å². The molecule has 4 atom stereocenters. The summed E-state index contributed by atoms with van der Waals surface area (Å²) < 4.78 is 74.8. The highest BCUT2D eigenvalue weighted by atomic mass is 19.3. The number of benzene rings is 3. The predicted octanol–water partition coefficient (Wildman–Crippen LogP) is 8.96. The Hall–Kier alpha value is -6.46. The monoisotopic (exact) mass is 912 g/mol. The van der Waals surface area contributed by atoms with Crippen molar-refractivity contribution in [2.45, 2.75) is 95.8 Å². The van der Waals surface area contributed by atoms with E-state index in [-0.39, 0.29) is 45.8 Å². The van der Waals surface area contributed by atoms with Crippen LogP contribution in [0.15, 0.2) is 60.8 Å². The largest absolute Gasteiger partial charge is 0.453 e. The lowest BCUT2D eigenvalue weighted by Crippen LogP contribution is -2.51. The van der Waals surface area contributed by atoms with Gasteiger partial charge >= 0.3 is 24.0 Å². The minimum Gasteiger partial charge on any atom is -0.453 e. The van der Waals surface area contributed by atoms with E-state index in [1.807, 2.05) is 27.7 Å². The zero-order chi connectivity index (χ0) is 47.0. The summed E-state index contributed by atoms with van der Waals surface area (Å²) >= 11 is 0. The third-order valence-electron chi connectivity index (χ3n) is 13.8. The first-order valence-electron chi connectivity index (χ1n) is 22.3. The van der Waals surface area contributed by atoms with Crippen molar-refractivity contribution in [2.24, 2.45) is 17.3 Å². The van der Waals surface area contributed by atoms with Crippen LogP contribution in [0.25, 0.3) is 44.5 Å². The Morgan fingerprint density at radius 1 is 0.727 bits per heavy atom. The normalized spacial score (nSPS) is 20.8. The molecule has 0 radical (unpaired) electrons. The molecule has 18 heteroatoms. The van der Waals surface area contributed by atoms with Crippen LogP contribution in [0.1, 0.15) is 94.7 Å². The maximum absolute atomic E-state index is 16.3. The van der Waals surface area contributed by atoms with Crippen LogP contribution in [0.2, 0.25) is 0 Å². The average Bonchev–Trinajstić information content (AvgIpc) is 3.79. The molecule has 1 saturated carbocycles. The summed E-state index contributed by atoms with van der Waals surface area (Å²) in [5, 5.41) is 5.28. The number of likely N-dealkylation sites (tertiary alicyclic amines) is 2. The number of H-pyrrole nitrogens is 2. The molecule has 4 N–H and O–H groups in total. The Balaban J connectivity index is 0.982. The van der Waals surface area contributed by atoms with E-state index >= 15 is 17.6 Å². The summed E-state index contributed by atoms with van der Waals surface area (Å²) in [5.41, 5.74) is 0.728. The number of carbonyl (C=O) groups excluding carboxylic acids is 4. The van der Waals surface area contributed by atoms with E-state index in [2.05, 4.69) is 25.6 Å². The van der Waals surface area contributed by atoms with Gasteiger partial charge < -0.3 is 39.9 Å². The average molecular weight is 913 g/mol. The molecule has 3 aromatic carbocycles. The molecule has 4 aliphatic rings. The van der Waals surface area contributed by atoms with E-state index in [0.29, 0.717) is 71.9 Å². The number of rotatable bonds is 10. The van der Waals surface area contributed by atoms with E-state index in [9.17, 15) is 19.2 Å². The third-order valence-corrected chi connectivity index (χ3v) is 13.8.